The van der Waals surface area contributed by atoms with Crippen LogP contribution in [0.1, 0.15) is 5.56 Å². The van der Waals surface area contributed by atoms with Gasteiger partial charge in [0.05, 0.1) is 29.6 Å². The molecule has 6 nitrogen and oxygen atoms in total. The molecule has 7 heteroatoms. The van der Waals surface area contributed by atoms with Gasteiger partial charge in [0.1, 0.15) is 11.5 Å². The molecule has 0 amide bonds. The second-order valence-electron chi connectivity index (χ2n) is 7.05. The van der Waals surface area contributed by atoms with Gasteiger partial charge < -0.3 is 14.7 Å². The van der Waals surface area contributed by atoms with E-state index in [0.29, 0.717) is 0 Å². The predicted octanol–water partition coefficient (Wildman–Crippen LogP) is 3.23. The third kappa shape index (κ3) is 3.86. The Bertz CT molecular complexity index is 915. The van der Waals surface area contributed by atoms with E-state index in [0.717, 1.165) is 50.6 Å². The molecule has 1 aliphatic heterocycles. The van der Waals surface area contributed by atoms with Gasteiger partial charge in [-0.05, 0) is 30.0 Å². The standard InChI is InChI=1S/C21H26N4O2S/c1-23-21(20-4-3-13-28-20)16(15-22-23)7-8-24-9-11-25(12-10-24)18-6-5-17(26)14-19(18)27-2/h3-6,13-15,26H,7-12H2,1-2H3. The second-order valence-corrected chi connectivity index (χ2v) is 8.00. The molecule has 1 fully saturated rings. The van der Waals surface area contributed by atoms with E-state index in [1.165, 1.54) is 16.1 Å². The molecule has 0 aliphatic carbocycles. The molecule has 0 atom stereocenters. The minimum Gasteiger partial charge on any atom is -0.508 e. The van der Waals surface area contributed by atoms with Gasteiger partial charge in [0.2, 0.25) is 0 Å². The Morgan fingerprint density at radius 2 is 2.00 bits per heavy atom. The Morgan fingerprint density at radius 3 is 2.71 bits per heavy atom. The number of aryl methyl sites for hydroxylation is 1. The maximum atomic E-state index is 9.67. The van der Waals surface area contributed by atoms with Crippen molar-refractivity contribution in [2.24, 2.45) is 7.05 Å². The number of hydrogen-bond donors (Lipinski definition) is 1. The number of rotatable bonds is 6. The number of benzene rings is 1. The first-order chi connectivity index (χ1) is 13.7. The van der Waals surface area contributed by atoms with E-state index in [2.05, 4.69) is 32.4 Å². The van der Waals surface area contributed by atoms with Crippen molar-refractivity contribution in [2.45, 2.75) is 6.42 Å². The van der Waals surface area contributed by atoms with Crippen LogP contribution in [0.4, 0.5) is 5.69 Å². The lowest BCUT2D eigenvalue weighted by Gasteiger charge is -2.36. The number of thiophene rings is 1. The van der Waals surface area contributed by atoms with E-state index in [4.69, 9.17) is 4.74 Å². The Labute approximate surface area is 169 Å². The Balaban J connectivity index is 1.36. The molecule has 0 bridgehead atoms. The number of aromatic hydroxyl groups is 1. The topological polar surface area (TPSA) is 53.8 Å². The highest BCUT2D eigenvalue weighted by molar-refractivity contribution is 7.13. The molecular weight excluding hydrogens is 372 g/mol. The lowest BCUT2D eigenvalue weighted by atomic mass is 10.1. The molecule has 3 heterocycles. The quantitative estimate of drug-likeness (QED) is 0.691. The average molecular weight is 399 g/mol. The van der Waals surface area contributed by atoms with Crippen LogP contribution in [0.3, 0.4) is 0 Å². The van der Waals surface area contributed by atoms with Crippen LogP contribution in [0.2, 0.25) is 0 Å². The molecule has 0 saturated carbocycles. The number of hydrogen-bond acceptors (Lipinski definition) is 6. The van der Waals surface area contributed by atoms with E-state index in [1.807, 2.05) is 24.0 Å². The molecule has 28 heavy (non-hydrogen) atoms. The third-order valence-electron chi connectivity index (χ3n) is 5.34. The first-order valence-corrected chi connectivity index (χ1v) is 10.4. The van der Waals surface area contributed by atoms with Gasteiger partial charge in [0.25, 0.3) is 0 Å². The maximum absolute atomic E-state index is 9.67. The molecule has 4 rings (SSSR count). The van der Waals surface area contributed by atoms with E-state index >= 15 is 0 Å². The smallest absolute Gasteiger partial charge is 0.145 e. The molecule has 2 aromatic heterocycles. The zero-order valence-corrected chi connectivity index (χ0v) is 17.2. The fourth-order valence-electron chi connectivity index (χ4n) is 3.82. The predicted molar refractivity (Wildman–Crippen MR) is 114 cm³/mol. The highest BCUT2D eigenvalue weighted by Gasteiger charge is 2.21. The maximum Gasteiger partial charge on any atom is 0.145 e. The summed E-state index contributed by atoms with van der Waals surface area (Å²) in [6, 6.07) is 9.59. The summed E-state index contributed by atoms with van der Waals surface area (Å²) < 4.78 is 7.42. The van der Waals surface area contributed by atoms with Crippen molar-refractivity contribution in [1.82, 2.24) is 14.7 Å². The van der Waals surface area contributed by atoms with Gasteiger partial charge >= 0.3 is 0 Å². The van der Waals surface area contributed by atoms with Crippen molar-refractivity contribution in [3.63, 3.8) is 0 Å². The second kappa shape index (κ2) is 8.24. The van der Waals surface area contributed by atoms with Crippen molar-refractivity contribution in [3.05, 3.63) is 47.5 Å². The van der Waals surface area contributed by atoms with Gasteiger partial charge in [-0.3, -0.25) is 9.58 Å². The number of methoxy groups -OCH3 is 1. The summed E-state index contributed by atoms with van der Waals surface area (Å²) in [6.07, 6.45) is 3.01. The van der Waals surface area contributed by atoms with Crippen LogP contribution in [0.25, 0.3) is 10.6 Å². The van der Waals surface area contributed by atoms with Crippen molar-refractivity contribution < 1.29 is 9.84 Å². The third-order valence-corrected chi connectivity index (χ3v) is 6.22. The lowest BCUT2D eigenvalue weighted by molar-refractivity contribution is 0.260. The molecule has 1 saturated heterocycles. The van der Waals surface area contributed by atoms with E-state index in [9.17, 15) is 5.11 Å². The van der Waals surface area contributed by atoms with Crippen LogP contribution in [0.5, 0.6) is 11.5 Å². The SMILES string of the molecule is COc1cc(O)ccc1N1CCN(CCc2cnn(C)c2-c2cccs2)CC1. The van der Waals surface area contributed by atoms with Crippen LogP contribution in [0, 0.1) is 0 Å². The van der Waals surface area contributed by atoms with E-state index < -0.39 is 0 Å². The van der Waals surface area contributed by atoms with Crippen molar-refractivity contribution in [3.8, 4) is 22.1 Å². The number of phenols is 1. The summed E-state index contributed by atoms with van der Waals surface area (Å²) in [5, 5.41) is 16.3. The minimum absolute atomic E-state index is 0.234. The lowest BCUT2D eigenvalue weighted by Crippen LogP contribution is -2.47. The molecular formula is C21H26N4O2S. The number of phenolic OH excluding ortho intramolecular Hbond substituents is 1. The molecule has 148 valence electrons. The number of ether oxygens (including phenoxy) is 1. The summed E-state index contributed by atoms with van der Waals surface area (Å²) in [6.45, 7) is 4.96. The molecule has 0 spiro atoms. The first kappa shape index (κ1) is 18.8. The first-order valence-electron chi connectivity index (χ1n) is 9.55. The summed E-state index contributed by atoms with van der Waals surface area (Å²) in [5.41, 5.74) is 3.60. The number of anilines is 1. The fraction of sp³-hybridized carbons (Fsp3) is 0.381. The van der Waals surface area contributed by atoms with Gasteiger partial charge in [-0.25, -0.2) is 0 Å². The largest absolute Gasteiger partial charge is 0.508 e. The number of nitrogens with zero attached hydrogens (tertiary/aromatic N) is 4. The Hall–Kier alpha value is -2.51. The van der Waals surface area contributed by atoms with Crippen molar-refractivity contribution >= 4 is 17.0 Å². The highest BCUT2D eigenvalue weighted by atomic mass is 32.1. The summed E-state index contributed by atoms with van der Waals surface area (Å²) in [4.78, 5) is 6.11. The molecule has 1 aliphatic rings. The van der Waals surface area contributed by atoms with Gasteiger partial charge in [0, 0.05) is 51.4 Å². The van der Waals surface area contributed by atoms with Crippen molar-refractivity contribution in [2.75, 3.05) is 44.7 Å². The Morgan fingerprint density at radius 1 is 1.18 bits per heavy atom. The monoisotopic (exact) mass is 398 g/mol. The van der Waals surface area contributed by atoms with Crippen LogP contribution in [0.15, 0.2) is 41.9 Å². The average Bonchev–Trinajstić information content (AvgIpc) is 3.36. The highest BCUT2D eigenvalue weighted by Crippen LogP contribution is 2.32. The number of piperazine rings is 1. The normalized spacial score (nSPS) is 15.1. The van der Waals surface area contributed by atoms with Crippen molar-refractivity contribution in [1.29, 1.82) is 0 Å². The molecule has 1 aromatic carbocycles. The zero-order chi connectivity index (χ0) is 19.5. The van der Waals surface area contributed by atoms with Gasteiger partial charge in [-0.15, -0.1) is 11.3 Å². The van der Waals surface area contributed by atoms with Crippen LogP contribution in [-0.2, 0) is 13.5 Å². The summed E-state index contributed by atoms with van der Waals surface area (Å²) in [7, 11) is 3.66. The van der Waals surface area contributed by atoms with Gasteiger partial charge in [-0.1, -0.05) is 6.07 Å². The number of aromatic nitrogens is 2. The molecule has 1 N–H and O–H groups in total. The molecule has 0 unspecified atom stereocenters. The molecule has 0 radical (unpaired) electrons. The minimum atomic E-state index is 0.234. The fourth-order valence-corrected chi connectivity index (χ4v) is 4.65. The summed E-state index contributed by atoms with van der Waals surface area (Å²) >= 11 is 1.76. The zero-order valence-electron chi connectivity index (χ0n) is 16.3. The summed E-state index contributed by atoms with van der Waals surface area (Å²) in [5.74, 6) is 0.960. The van der Waals surface area contributed by atoms with Crippen LogP contribution < -0.4 is 9.64 Å². The van der Waals surface area contributed by atoms with Crippen LogP contribution in [-0.4, -0.2) is 59.6 Å². The molecule has 3 aromatic rings. The van der Waals surface area contributed by atoms with E-state index in [-0.39, 0.29) is 5.75 Å². The van der Waals surface area contributed by atoms with Gasteiger partial charge in [-0.2, -0.15) is 5.10 Å². The van der Waals surface area contributed by atoms with Crippen LogP contribution >= 0.6 is 11.3 Å². The van der Waals surface area contributed by atoms with Gasteiger partial charge in [0.15, 0.2) is 0 Å². The van der Waals surface area contributed by atoms with E-state index in [1.54, 1.807) is 30.6 Å². The Kier molecular flexibility index (Phi) is 5.54.